The van der Waals surface area contributed by atoms with E-state index in [1.165, 1.54) is 38.3 Å². The largest absolute Gasteiger partial charge is 0.496 e. The lowest BCUT2D eigenvalue weighted by Crippen LogP contribution is -2.17. The van der Waals surface area contributed by atoms with Crippen molar-refractivity contribution in [1.82, 2.24) is 0 Å². The lowest BCUT2D eigenvalue weighted by atomic mass is 10.1. The number of methoxy groups -OCH3 is 1. The lowest BCUT2D eigenvalue weighted by Gasteiger charge is -2.11. The molecular weight excluding hydrogens is 314 g/mol. The van der Waals surface area contributed by atoms with Gasteiger partial charge < -0.3 is 15.4 Å². The molecule has 2 rings (SSSR count). The Bertz CT molecular complexity index is 804. The molecule has 0 aromatic heterocycles. The molecule has 0 aliphatic carbocycles. The summed E-state index contributed by atoms with van der Waals surface area (Å²) in [6.45, 7) is 1.32. The van der Waals surface area contributed by atoms with Crippen molar-refractivity contribution in [3.63, 3.8) is 0 Å². The Hall–Kier alpha value is -3.42. The summed E-state index contributed by atoms with van der Waals surface area (Å²) in [4.78, 5) is 34.2. The van der Waals surface area contributed by atoms with Crippen molar-refractivity contribution in [3.8, 4) is 5.75 Å². The van der Waals surface area contributed by atoms with E-state index in [1.54, 1.807) is 18.2 Å². The third-order valence-corrected chi connectivity index (χ3v) is 3.13. The first-order chi connectivity index (χ1) is 11.4. The Kier molecular flexibility index (Phi) is 5.10. The van der Waals surface area contributed by atoms with E-state index in [0.717, 1.165) is 0 Å². The van der Waals surface area contributed by atoms with E-state index in [2.05, 4.69) is 10.6 Å². The topological polar surface area (TPSA) is 111 Å². The summed E-state index contributed by atoms with van der Waals surface area (Å²) in [6.07, 6.45) is 0. The molecule has 2 N–H and O–H groups in total. The number of carbonyl (C=O) groups is 2. The molecule has 0 fully saturated rings. The van der Waals surface area contributed by atoms with Gasteiger partial charge in [-0.15, -0.1) is 0 Å². The van der Waals surface area contributed by atoms with Crippen LogP contribution in [0.5, 0.6) is 5.75 Å². The molecular formula is C16H15N3O5. The lowest BCUT2D eigenvalue weighted by molar-refractivity contribution is -0.384. The Morgan fingerprint density at radius 1 is 1.08 bits per heavy atom. The minimum absolute atomic E-state index is 0.0310. The number of rotatable bonds is 5. The highest BCUT2D eigenvalue weighted by atomic mass is 16.6. The van der Waals surface area contributed by atoms with Crippen molar-refractivity contribution in [3.05, 3.63) is 58.1 Å². The number of para-hydroxylation sites is 1. The molecule has 0 atom stereocenters. The molecule has 2 aromatic rings. The van der Waals surface area contributed by atoms with E-state index in [0.29, 0.717) is 11.4 Å². The van der Waals surface area contributed by atoms with Gasteiger partial charge >= 0.3 is 0 Å². The minimum Gasteiger partial charge on any atom is -0.496 e. The van der Waals surface area contributed by atoms with E-state index in [9.17, 15) is 19.7 Å². The van der Waals surface area contributed by atoms with Crippen molar-refractivity contribution in [2.45, 2.75) is 6.92 Å². The Labute approximate surface area is 137 Å². The predicted octanol–water partition coefficient (Wildman–Crippen LogP) is 2.81. The Morgan fingerprint density at radius 2 is 1.79 bits per heavy atom. The van der Waals surface area contributed by atoms with Gasteiger partial charge in [-0.2, -0.15) is 0 Å². The van der Waals surface area contributed by atoms with Crippen LogP contribution in [0, 0.1) is 10.1 Å². The fourth-order valence-electron chi connectivity index (χ4n) is 2.06. The third-order valence-electron chi connectivity index (χ3n) is 3.13. The average molecular weight is 329 g/mol. The zero-order chi connectivity index (χ0) is 17.7. The van der Waals surface area contributed by atoms with Crippen molar-refractivity contribution < 1.29 is 19.2 Å². The first-order valence-corrected chi connectivity index (χ1v) is 6.92. The second-order valence-electron chi connectivity index (χ2n) is 4.82. The maximum atomic E-state index is 12.4. The molecule has 124 valence electrons. The van der Waals surface area contributed by atoms with Gasteiger partial charge in [-0.25, -0.2) is 0 Å². The minimum atomic E-state index is -0.613. The number of carbonyl (C=O) groups excluding carboxylic acids is 2. The normalized spacial score (nSPS) is 9.92. The van der Waals surface area contributed by atoms with E-state index in [1.807, 2.05) is 0 Å². The fourth-order valence-corrected chi connectivity index (χ4v) is 2.06. The van der Waals surface area contributed by atoms with Gasteiger partial charge in [0.05, 0.1) is 29.4 Å². The summed E-state index contributed by atoms with van der Waals surface area (Å²) in [5.74, 6) is -0.600. The number of anilines is 2. The molecule has 0 bridgehead atoms. The van der Waals surface area contributed by atoms with Gasteiger partial charge in [-0.1, -0.05) is 12.1 Å². The average Bonchev–Trinajstić information content (AvgIpc) is 2.54. The van der Waals surface area contributed by atoms with Gasteiger partial charge in [0.2, 0.25) is 5.91 Å². The van der Waals surface area contributed by atoms with Crippen LogP contribution in [0.4, 0.5) is 17.1 Å². The molecule has 0 heterocycles. The van der Waals surface area contributed by atoms with Crippen molar-refractivity contribution in [1.29, 1.82) is 0 Å². The van der Waals surface area contributed by atoms with Crippen LogP contribution in [-0.4, -0.2) is 23.8 Å². The third kappa shape index (κ3) is 3.86. The maximum Gasteiger partial charge on any atom is 0.296 e. The van der Waals surface area contributed by atoms with Gasteiger partial charge in [0.25, 0.3) is 11.6 Å². The fraction of sp³-hybridized carbons (Fsp3) is 0.125. The maximum absolute atomic E-state index is 12.4. The van der Waals surface area contributed by atoms with Crippen LogP contribution in [0.15, 0.2) is 42.5 Å². The van der Waals surface area contributed by atoms with Crippen LogP contribution < -0.4 is 15.4 Å². The van der Waals surface area contributed by atoms with Crippen LogP contribution in [-0.2, 0) is 4.79 Å². The molecule has 8 heteroatoms. The monoisotopic (exact) mass is 329 g/mol. The summed E-state index contributed by atoms with van der Waals surface area (Å²) in [5.41, 5.74) is 0.250. The highest BCUT2D eigenvalue weighted by molar-refractivity contribution is 6.10. The van der Waals surface area contributed by atoms with Crippen LogP contribution in [0.2, 0.25) is 0 Å². The SMILES string of the molecule is COc1ccc(NC(=O)c2ccccc2NC(C)=O)c([N+](=O)[O-])c1. The molecule has 2 amide bonds. The summed E-state index contributed by atoms with van der Waals surface area (Å²) in [6, 6.07) is 10.5. The van der Waals surface area contributed by atoms with Crippen LogP contribution in [0.25, 0.3) is 0 Å². The van der Waals surface area contributed by atoms with Crippen molar-refractivity contribution in [2.75, 3.05) is 17.7 Å². The molecule has 0 unspecified atom stereocenters. The molecule has 0 saturated carbocycles. The highest BCUT2D eigenvalue weighted by Crippen LogP contribution is 2.29. The van der Waals surface area contributed by atoms with Crippen LogP contribution >= 0.6 is 0 Å². The number of amides is 2. The van der Waals surface area contributed by atoms with E-state index in [4.69, 9.17) is 4.74 Å². The number of nitro groups is 1. The molecule has 0 aliphatic rings. The summed E-state index contributed by atoms with van der Waals surface area (Å²) < 4.78 is 4.95. The molecule has 0 aliphatic heterocycles. The highest BCUT2D eigenvalue weighted by Gasteiger charge is 2.19. The molecule has 8 nitrogen and oxygen atoms in total. The molecule has 0 spiro atoms. The van der Waals surface area contributed by atoms with Crippen LogP contribution in [0.1, 0.15) is 17.3 Å². The van der Waals surface area contributed by atoms with Gasteiger partial charge in [-0.05, 0) is 24.3 Å². The van der Waals surface area contributed by atoms with Crippen molar-refractivity contribution >= 4 is 28.9 Å². The summed E-state index contributed by atoms with van der Waals surface area (Å²) in [5, 5.41) is 16.2. The molecule has 0 radical (unpaired) electrons. The van der Waals surface area contributed by atoms with E-state index in [-0.39, 0.29) is 22.8 Å². The van der Waals surface area contributed by atoms with Gasteiger partial charge in [0.1, 0.15) is 11.4 Å². The molecule has 2 aromatic carbocycles. The van der Waals surface area contributed by atoms with E-state index >= 15 is 0 Å². The van der Waals surface area contributed by atoms with Crippen molar-refractivity contribution in [2.24, 2.45) is 0 Å². The Morgan fingerprint density at radius 3 is 2.42 bits per heavy atom. The number of benzene rings is 2. The van der Waals surface area contributed by atoms with Gasteiger partial charge in [0, 0.05) is 6.92 Å². The van der Waals surface area contributed by atoms with Gasteiger partial charge in [0.15, 0.2) is 0 Å². The predicted molar refractivity (Wildman–Crippen MR) is 88.3 cm³/mol. The Balaban J connectivity index is 2.34. The summed E-state index contributed by atoms with van der Waals surface area (Å²) in [7, 11) is 1.39. The smallest absolute Gasteiger partial charge is 0.296 e. The number of ether oxygens (including phenoxy) is 1. The van der Waals surface area contributed by atoms with Crippen LogP contribution in [0.3, 0.4) is 0 Å². The number of nitrogens with one attached hydrogen (secondary N) is 2. The number of nitro benzene ring substituents is 1. The zero-order valence-corrected chi connectivity index (χ0v) is 13.0. The zero-order valence-electron chi connectivity index (χ0n) is 13.0. The van der Waals surface area contributed by atoms with Gasteiger partial charge in [-0.3, -0.25) is 19.7 Å². The molecule has 24 heavy (non-hydrogen) atoms. The number of nitrogens with zero attached hydrogens (tertiary/aromatic N) is 1. The number of hydrogen-bond acceptors (Lipinski definition) is 5. The summed E-state index contributed by atoms with van der Waals surface area (Å²) >= 11 is 0. The first-order valence-electron chi connectivity index (χ1n) is 6.92. The molecule has 0 saturated heterocycles. The first kappa shape index (κ1) is 16.9. The quantitative estimate of drug-likeness (QED) is 0.647. The second kappa shape index (κ2) is 7.23. The number of hydrogen-bond donors (Lipinski definition) is 2. The second-order valence-corrected chi connectivity index (χ2v) is 4.82. The standard InChI is InChI=1S/C16H15N3O5/c1-10(20)17-13-6-4-3-5-12(13)16(21)18-14-8-7-11(24-2)9-15(14)19(22)23/h3-9H,1-2H3,(H,17,20)(H,18,21). The van der Waals surface area contributed by atoms with E-state index < -0.39 is 10.8 Å².